The first kappa shape index (κ1) is 27.9. The number of benzene rings is 1. The minimum atomic E-state index is -0.659. The van der Waals surface area contributed by atoms with Crippen LogP contribution in [0.3, 0.4) is 0 Å². The van der Waals surface area contributed by atoms with E-state index in [1.165, 1.54) is 18.0 Å². The highest BCUT2D eigenvalue weighted by Crippen LogP contribution is 2.23. The van der Waals surface area contributed by atoms with Gasteiger partial charge in [0, 0.05) is 30.9 Å². The van der Waals surface area contributed by atoms with Crippen LogP contribution in [-0.4, -0.2) is 76.6 Å². The van der Waals surface area contributed by atoms with Crippen LogP contribution >= 0.6 is 0 Å². The molecular weight excluding hydrogens is 502 g/mol. The van der Waals surface area contributed by atoms with Crippen LogP contribution < -0.4 is 19.5 Å². The van der Waals surface area contributed by atoms with E-state index in [2.05, 4.69) is 15.4 Å². The Balaban J connectivity index is 1.24. The zero-order valence-corrected chi connectivity index (χ0v) is 22.7. The summed E-state index contributed by atoms with van der Waals surface area (Å²) in [6.07, 6.45) is 4.20. The number of nitrogens with zero attached hydrogens (tertiary/aromatic N) is 4. The Labute approximate surface area is 228 Å². The Morgan fingerprint density at radius 3 is 2.74 bits per heavy atom. The van der Waals surface area contributed by atoms with E-state index < -0.39 is 6.10 Å². The fourth-order valence-corrected chi connectivity index (χ4v) is 4.17. The number of aryl methyl sites for hydroxylation is 1. The van der Waals surface area contributed by atoms with Crippen LogP contribution in [0.1, 0.15) is 25.8 Å². The molecule has 1 aliphatic rings. The van der Waals surface area contributed by atoms with E-state index in [9.17, 15) is 9.59 Å². The zero-order valence-electron chi connectivity index (χ0n) is 22.7. The van der Waals surface area contributed by atoms with Crippen LogP contribution in [0.15, 0.2) is 55.0 Å². The molecule has 208 valence electrons. The summed E-state index contributed by atoms with van der Waals surface area (Å²) in [4.78, 5) is 31.5. The van der Waals surface area contributed by atoms with Gasteiger partial charge >= 0.3 is 0 Å². The van der Waals surface area contributed by atoms with Crippen molar-refractivity contribution < 1.29 is 28.5 Å². The molecule has 2 amide bonds. The quantitative estimate of drug-likeness (QED) is 0.375. The monoisotopic (exact) mass is 537 g/mol. The molecule has 4 rings (SSSR count). The van der Waals surface area contributed by atoms with Crippen LogP contribution in [0.25, 0.3) is 0 Å². The third-order valence-electron chi connectivity index (χ3n) is 6.23. The molecule has 3 aromatic rings. The number of methoxy groups -OCH3 is 1. The summed E-state index contributed by atoms with van der Waals surface area (Å²) in [6.45, 7) is 7.10. The minimum absolute atomic E-state index is 0.00299. The molecule has 1 N–H and O–H groups in total. The molecule has 2 atom stereocenters. The number of hydrogen-bond acceptors (Lipinski definition) is 8. The lowest BCUT2D eigenvalue weighted by Gasteiger charge is -2.26. The van der Waals surface area contributed by atoms with Crippen molar-refractivity contribution in [1.29, 1.82) is 0 Å². The molecule has 0 unspecified atom stereocenters. The zero-order chi connectivity index (χ0) is 27.8. The highest BCUT2D eigenvalue weighted by Gasteiger charge is 2.32. The lowest BCUT2D eigenvalue weighted by atomic mass is 10.2. The van der Waals surface area contributed by atoms with E-state index in [1.54, 1.807) is 29.4 Å². The molecule has 3 heterocycles. The smallest absolute Gasteiger partial charge is 0.253 e. The first-order chi connectivity index (χ1) is 18.8. The highest BCUT2D eigenvalue weighted by molar-refractivity contribution is 5.94. The Hall–Kier alpha value is -4.12. The van der Waals surface area contributed by atoms with Crippen molar-refractivity contribution in [2.24, 2.45) is 0 Å². The molecule has 39 heavy (non-hydrogen) atoms. The fourth-order valence-electron chi connectivity index (χ4n) is 4.17. The topological polar surface area (TPSA) is 117 Å². The molecule has 2 aromatic heterocycles. The maximum atomic E-state index is 13.0. The summed E-state index contributed by atoms with van der Waals surface area (Å²) in [7, 11) is 1.53. The number of rotatable bonds is 12. The van der Waals surface area contributed by atoms with Crippen molar-refractivity contribution in [3.63, 3.8) is 0 Å². The molecule has 11 nitrogen and oxygen atoms in total. The fraction of sp³-hybridized carbons (Fsp3) is 0.429. The Bertz CT molecular complexity index is 1250. The number of nitrogens with one attached hydrogen (secondary N) is 1. The van der Waals surface area contributed by atoms with Gasteiger partial charge in [-0.1, -0.05) is 17.7 Å². The van der Waals surface area contributed by atoms with Crippen LogP contribution in [0.4, 0.5) is 5.69 Å². The predicted octanol–water partition coefficient (Wildman–Crippen LogP) is 3.09. The van der Waals surface area contributed by atoms with Gasteiger partial charge in [-0.25, -0.2) is 4.98 Å². The molecule has 1 fully saturated rings. The second-order valence-electron chi connectivity index (χ2n) is 9.59. The van der Waals surface area contributed by atoms with Gasteiger partial charge in [-0.05, 0) is 39.0 Å². The first-order valence-corrected chi connectivity index (χ1v) is 12.9. The number of pyridine rings is 1. The lowest BCUT2D eigenvalue weighted by Crippen LogP contribution is -2.41. The minimum Gasteiger partial charge on any atom is -0.492 e. The summed E-state index contributed by atoms with van der Waals surface area (Å²) in [5, 5.41) is 7.05. The van der Waals surface area contributed by atoms with Crippen molar-refractivity contribution in [3.05, 3.63) is 60.6 Å². The van der Waals surface area contributed by atoms with Gasteiger partial charge in [0.15, 0.2) is 0 Å². The van der Waals surface area contributed by atoms with Gasteiger partial charge in [-0.15, -0.1) is 0 Å². The van der Waals surface area contributed by atoms with E-state index in [0.29, 0.717) is 36.9 Å². The van der Waals surface area contributed by atoms with Gasteiger partial charge in [0.2, 0.25) is 11.8 Å². The second kappa shape index (κ2) is 13.1. The average Bonchev–Trinajstić information content (AvgIpc) is 3.57. The summed E-state index contributed by atoms with van der Waals surface area (Å²) < 4.78 is 24.0. The maximum Gasteiger partial charge on any atom is 0.253 e. The number of amides is 2. The molecule has 0 saturated carbocycles. The highest BCUT2D eigenvalue weighted by atomic mass is 16.6. The van der Waals surface area contributed by atoms with E-state index in [-0.39, 0.29) is 37.1 Å². The first-order valence-electron chi connectivity index (χ1n) is 12.9. The average molecular weight is 538 g/mol. The van der Waals surface area contributed by atoms with Crippen molar-refractivity contribution in [2.45, 2.75) is 52.0 Å². The van der Waals surface area contributed by atoms with E-state index in [4.69, 9.17) is 18.9 Å². The van der Waals surface area contributed by atoms with Gasteiger partial charge in [0.05, 0.1) is 32.1 Å². The van der Waals surface area contributed by atoms with Crippen molar-refractivity contribution in [3.8, 4) is 17.4 Å². The Morgan fingerprint density at radius 2 is 2.00 bits per heavy atom. The normalized spacial score (nSPS) is 16.6. The van der Waals surface area contributed by atoms with Crippen LogP contribution in [0.2, 0.25) is 0 Å². The van der Waals surface area contributed by atoms with Gasteiger partial charge in [0.1, 0.15) is 36.9 Å². The molecule has 11 heteroatoms. The van der Waals surface area contributed by atoms with Crippen LogP contribution in [0, 0.1) is 6.92 Å². The van der Waals surface area contributed by atoms with Crippen molar-refractivity contribution in [1.82, 2.24) is 19.7 Å². The van der Waals surface area contributed by atoms with Gasteiger partial charge in [0.25, 0.3) is 5.91 Å². The predicted molar refractivity (Wildman–Crippen MR) is 144 cm³/mol. The molecule has 1 aromatic carbocycles. The number of ether oxygens (including phenoxy) is 4. The lowest BCUT2D eigenvalue weighted by molar-refractivity contribution is -0.134. The van der Waals surface area contributed by atoms with E-state index >= 15 is 0 Å². The summed E-state index contributed by atoms with van der Waals surface area (Å²) >= 11 is 0. The Morgan fingerprint density at radius 1 is 1.21 bits per heavy atom. The standard InChI is InChI=1S/C28H35N5O6/c1-19(2)33(11-12-37-22-7-5-20(3)6-8-22)27(34)17-32-16-21(15-30-32)31-28(35)25-13-24(18-38-25)39-23-9-10-29-26(14-23)36-4/h5-10,14-16,19,24-25H,11-13,17-18H2,1-4H3,(H,31,35)/t24-,25+/m0/s1. The number of carbonyl (C=O) groups excluding carboxylic acids is 2. The third-order valence-corrected chi connectivity index (χ3v) is 6.23. The summed E-state index contributed by atoms with van der Waals surface area (Å²) in [5.41, 5.74) is 1.64. The molecule has 0 radical (unpaired) electrons. The maximum absolute atomic E-state index is 13.0. The van der Waals surface area contributed by atoms with Gasteiger partial charge in [-0.2, -0.15) is 5.10 Å². The number of carbonyl (C=O) groups is 2. The number of hydrogen-bond donors (Lipinski definition) is 1. The second-order valence-corrected chi connectivity index (χ2v) is 9.59. The van der Waals surface area contributed by atoms with Crippen molar-refractivity contribution in [2.75, 3.05) is 32.2 Å². The third kappa shape index (κ3) is 7.93. The van der Waals surface area contributed by atoms with Gasteiger partial charge in [-0.3, -0.25) is 14.3 Å². The van der Waals surface area contributed by atoms with E-state index in [1.807, 2.05) is 45.0 Å². The van der Waals surface area contributed by atoms with Crippen LogP contribution in [-0.2, 0) is 20.9 Å². The molecule has 0 bridgehead atoms. The largest absolute Gasteiger partial charge is 0.492 e. The molecule has 1 aliphatic heterocycles. The summed E-state index contributed by atoms with van der Waals surface area (Å²) in [6, 6.07) is 11.2. The van der Waals surface area contributed by atoms with Crippen LogP contribution in [0.5, 0.6) is 17.4 Å². The van der Waals surface area contributed by atoms with E-state index in [0.717, 1.165) is 11.3 Å². The Kier molecular flexibility index (Phi) is 9.37. The molecule has 0 spiro atoms. The summed E-state index contributed by atoms with van der Waals surface area (Å²) in [5.74, 6) is 1.43. The van der Waals surface area contributed by atoms with Crippen molar-refractivity contribution >= 4 is 17.5 Å². The SMILES string of the molecule is COc1cc(O[C@@H]2CO[C@@H](C(=O)Nc3cnn(CC(=O)N(CCOc4ccc(C)cc4)C(C)C)c3)C2)ccn1. The number of anilines is 1. The molecule has 0 aliphatic carbocycles. The molecular formula is C28H35N5O6. The van der Waals surface area contributed by atoms with Gasteiger partial charge < -0.3 is 29.2 Å². The number of aromatic nitrogens is 3. The molecule has 1 saturated heterocycles.